The molecule has 0 fully saturated rings. The molecule has 1 atom stereocenters. The third-order valence-corrected chi connectivity index (χ3v) is 2.85. The molecule has 0 aromatic carbocycles. The molecule has 0 aliphatic heterocycles. The van der Waals surface area contributed by atoms with E-state index in [1.807, 2.05) is 12.0 Å². The van der Waals surface area contributed by atoms with Crippen LogP contribution in [-0.4, -0.2) is 19.7 Å². The van der Waals surface area contributed by atoms with Gasteiger partial charge in [-0.2, -0.15) is 0 Å². The quantitative estimate of drug-likeness (QED) is 0.533. The first-order chi connectivity index (χ1) is 8.56. The molecule has 0 radical (unpaired) electrons. The second-order valence-corrected chi connectivity index (χ2v) is 4.60. The second-order valence-electron chi connectivity index (χ2n) is 4.60. The number of hydrogen-bond donors (Lipinski definition) is 1. The predicted octanol–water partition coefficient (Wildman–Crippen LogP) is 2.86. The molecule has 0 spiro atoms. The van der Waals surface area contributed by atoms with Crippen molar-refractivity contribution in [1.82, 2.24) is 0 Å². The maximum Gasteiger partial charge on any atom is 0.120 e. The lowest BCUT2D eigenvalue weighted by Crippen LogP contribution is -2.13. The molecular weight excluding hydrogens is 226 g/mol. The molecule has 18 heavy (non-hydrogen) atoms. The van der Waals surface area contributed by atoms with Crippen molar-refractivity contribution in [2.24, 2.45) is 17.6 Å². The second kappa shape index (κ2) is 9.69. The summed E-state index contributed by atoms with van der Waals surface area (Å²) in [6, 6.07) is 0. The zero-order valence-electron chi connectivity index (χ0n) is 11.9. The zero-order chi connectivity index (χ0) is 14.0. The minimum atomic E-state index is -0.0853. The maximum absolute atomic E-state index is 10.6. The molecule has 0 aliphatic carbocycles. The van der Waals surface area contributed by atoms with Gasteiger partial charge in [0.25, 0.3) is 0 Å². The van der Waals surface area contributed by atoms with Gasteiger partial charge in [0.2, 0.25) is 0 Å². The predicted molar refractivity (Wildman–Crippen MR) is 75.7 cm³/mol. The molecule has 0 heterocycles. The van der Waals surface area contributed by atoms with Gasteiger partial charge < -0.3 is 10.5 Å². The van der Waals surface area contributed by atoms with Gasteiger partial charge in [-0.25, -0.2) is 4.79 Å². The number of allylic oxidation sites excluding steroid dienone is 3. The highest BCUT2D eigenvalue weighted by Gasteiger charge is 2.13. The van der Waals surface area contributed by atoms with Crippen LogP contribution in [-0.2, 0) is 9.53 Å². The Morgan fingerprint density at radius 1 is 1.39 bits per heavy atom. The fourth-order valence-electron chi connectivity index (χ4n) is 1.76. The number of carbonyl (C=O) groups excluding carboxylic acids is 1. The highest BCUT2D eigenvalue weighted by atomic mass is 16.5. The van der Waals surface area contributed by atoms with Crippen molar-refractivity contribution in [3.8, 4) is 0 Å². The van der Waals surface area contributed by atoms with Crippen LogP contribution in [0.2, 0.25) is 0 Å². The molecule has 102 valence electrons. The van der Waals surface area contributed by atoms with Crippen LogP contribution in [0.3, 0.4) is 0 Å². The molecule has 3 heteroatoms. The molecule has 0 saturated heterocycles. The van der Waals surface area contributed by atoms with Gasteiger partial charge in [0.05, 0.1) is 6.61 Å². The van der Waals surface area contributed by atoms with Crippen LogP contribution in [0.5, 0.6) is 0 Å². The van der Waals surface area contributed by atoms with Gasteiger partial charge in [-0.1, -0.05) is 32.4 Å². The van der Waals surface area contributed by atoms with Crippen molar-refractivity contribution in [3.05, 3.63) is 29.5 Å². The third kappa shape index (κ3) is 6.43. The Hall–Kier alpha value is -1.31. The molecule has 0 unspecified atom stereocenters. The van der Waals surface area contributed by atoms with Crippen LogP contribution in [0.15, 0.2) is 29.5 Å². The Balaban J connectivity index is 4.91. The van der Waals surface area contributed by atoms with E-state index in [0.29, 0.717) is 18.2 Å². The zero-order valence-corrected chi connectivity index (χ0v) is 11.9. The first-order valence-corrected chi connectivity index (χ1v) is 6.41. The summed E-state index contributed by atoms with van der Waals surface area (Å²) in [5.74, 6) is 2.22. The largest absolute Gasteiger partial charge is 0.402 e. The number of ether oxygens (including phenoxy) is 1. The SMILES string of the molecule is CC/C=C(\C[C@@H](C=C=O)C(N)=CCOC)C(C)C. The smallest absolute Gasteiger partial charge is 0.120 e. The molecule has 0 saturated carbocycles. The molecule has 0 aromatic heterocycles. The lowest BCUT2D eigenvalue weighted by Gasteiger charge is -2.17. The minimum absolute atomic E-state index is 0.0853. The topological polar surface area (TPSA) is 52.3 Å². The molecule has 0 rings (SSSR count). The summed E-state index contributed by atoms with van der Waals surface area (Å²) in [5, 5.41) is 0. The number of methoxy groups -OCH3 is 1. The van der Waals surface area contributed by atoms with Crippen LogP contribution in [0.25, 0.3) is 0 Å². The van der Waals surface area contributed by atoms with Crippen molar-refractivity contribution < 1.29 is 9.53 Å². The molecule has 0 bridgehead atoms. The Morgan fingerprint density at radius 3 is 2.50 bits per heavy atom. The summed E-state index contributed by atoms with van der Waals surface area (Å²) in [7, 11) is 1.62. The lowest BCUT2D eigenvalue weighted by molar-refractivity contribution is 0.232. The average molecular weight is 251 g/mol. The van der Waals surface area contributed by atoms with Gasteiger partial charge in [0.15, 0.2) is 0 Å². The van der Waals surface area contributed by atoms with E-state index in [1.54, 1.807) is 7.11 Å². The van der Waals surface area contributed by atoms with Gasteiger partial charge in [-0.15, -0.1) is 0 Å². The van der Waals surface area contributed by atoms with E-state index in [9.17, 15) is 4.79 Å². The number of hydrogen-bond acceptors (Lipinski definition) is 3. The molecule has 0 amide bonds. The van der Waals surface area contributed by atoms with E-state index in [0.717, 1.165) is 12.8 Å². The summed E-state index contributed by atoms with van der Waals surface area (Å²) in [5.41, 5.74) is 7.97. The van der Waals surface area contributed by atoms with Crippen molar-refractivity contribution in [3.63, 3.8) is 0 Å². The van der Waals surface area contributed by atoms with E-state index < -0.39 is 0 Å². The maximum atomic E-state index is 10.6. The van der Waals surface area contributed by atoms with Gasteiger partial charge in [-0.3, -0.25) is 0 Å². The Bertz CT molecular complexity index is 336. The Morgan fingerprint density at radius 2 is 2.06 bits per heavy atom. The van der Waals surface area contributed by atoms with Crippen LogP contribution in [0, 0.1) is 11.8 Å². The summed E-state index contributed by atoms with van der Waals surface area (Å²) >= 11 is 0. The Labute approximate surface area is 110 Å². The fourth-order valence-corrected chi connectivity index (χ4v) is 1.76. The summed E-state index contributed by atoms with van der Waals surface area (Å²) in [6.45, 7) is 6.87. The van der Waals surface area contributed by atoms with Crippen molar-refractivity contribution in [2.45, 2.75) is 33.6 Å². The van der Waals surface area contributed by atoms with Gasteiger partial charge in [0, 0.05) is 24.8 Å². The van der Waals surface area contributed by atoms with E-state index in [1.165, 1.54) is 11.6 Å². The minimum Gasteiger partial charge on any atom is -0.402 e. The van der Waals surface area contributed by atoms with Crippen LogP contribution < -0.4 is 5.73 Å². The van der Waals surface area contributed by atoms with E-state index in [-0.39, 0.29) is 5.92 Å². The van der Waals surface area contributed by atoms with Crippen LogP contribution >= 0.6 is 0 Å². The average Bonchev–Trinajstić information content (AvgIpc) is 2.34. The van der Waals surface area contributed by atoms with Gasteiger partial charge in [-0.05, 0) is 24.8 Å². The number of nitrogens with two attached hydrogens (primary N) is 1. The lowest BCUT2D eigenvalue weighted by atomic mass is 9.89. The molecule has 3 nitrogen and oxygen atoms in total. The summed E-state index contributed by atoms with van der Waals surface area (Å²) in [4.78, 5) is 10.6. The summed E-state index contributed by atoms with van der Waals surface area (Å²) < 4.78 is 4.96. The molecule has 0 aliphatic rings. The van der Waals surface area contributed by atoms with Crippen molar-refractivity contribution in [2.75, 3.05) is 13.7 Å². The molecule has 0 aromatic rings. The van der Waals surface area contributed by atoms with Crippen molar-refractivity contribution in [1.29, 1.82) is 0 Å². The highest BCUT2D eigenvalue weighted by Crippen LogP contribution is 2.23. The van der Waals surface area contributed by atoms with Crippen molar-refractivity contribution >= 4 is 5.94 Å². The third-order valence-electron chi connectivity index (χ3n) is 2.85. The molecular formula is C15H25NO2. The highest BCUT2D eigenvalue weighted by molar-refractivity contribution is 5.47. The van der Waals surface area contributed by atoms with Crippen LogP contribution in [0.4, 0.5) is 0 Å². The first-order valence-electron chi connectivity index (χ1n) is 6.41. The standard InChI is InChI=1S/C15H25NO2/c1-5-6-13(12(2)3)11-14(7-9-17)15(16)8-10-18-4/h6-8,12,14H,5,10-11,16H2,1-4H3/b13-6+,15-8?/t14-/m1/s1. The summed E-state index contributed by atoms with van der Waals surface area (Å²) in [6.07, 6.45) is 7.27. The number of rotatable bonds is 8. The van der Waals surface area contributed by atoms with Crippen LogP contribution in [0.1, 0.15) is 33.6 Å². The normalized spacial score (nSPS) is 14.5. The first kappa shape index (κ1) is 16.7. The fraction of sp³-hybridized carbons (Fsp3) is 0.600. The van der Waals surface area contributed by atoms with E-state index in [4.69, 9.17) is 10.5 Å². The van der Waals surface area contributed by atoms with E-state index in [2.05, 4.69) is 26.8 Å². The van der Waals surface area contributed by atoms with Gasteiger partial charge in [0.1, 0.15) is 5.94 Å². The Kier molecular flexibility index (Phi) is 8.99. The van der Waals surface area contributed by atoms with Gasteiger partial charge >= 0.3 is 0 Å². The van der Waals surface area contributed by atoms with E-state index >= 15 is 0 Å². The monoisotopic (exact) mass is 251 g/mol. The molecule has 2 N–H and O–H groups in total.